The van der Waals surface area contributed by atoms with Crippen LogP contribution in [-0.4, -0.2) is 50.1 Å². The highest BCUT2D eigenvalue weighted by molar-refractivity contribution is 5.89. The minimum absolute atomic E-state index is 0.137. The molecule has 122 valence electrons. The van der Waals surface area contributed by atoms with E-state index in [9.17, 15) is 9.59 Å². The van der Waals surface area contributed by atoms with Gasteiger partial charge >= 0.3 is 0 Å². The van der Waals surface area contributed by atoms with Gasteiger partial charge in [-0.05, 0) is 46.1 Å². The van der Waals surface area contributed by atoms with Gasteiger partial charge in [-0.1, -0.05) is 18.2 Å². The molecule has 22 heavy (non-hydrogen) atoms. The average Bonchev–Trinajstić information content (AvgIpc) is 2.47. The van der Waals surface area contributed by atoms with E-state index < -0.39 is 6.17 Å². The second-order valence-electron chi connectivity index (χ2n) is 5.31. The Kier molecular flexibility index (Phi) is 7.99. The average molecular weight is 306 g/mol. The Morgan fingerprint density at radius 1 is 1.18 bits per heavy atom. The summed E-state index contributed by atoms with van der Waals surface area (Å²) in [6.45, 7) is 3.20. The van der Waals surface area contributed by atoms with Crippen molar-refractivity contribution in [3.63, 3.8) is 0 Å². The maximum atomic E-state index is 12.1. The molecule has 0 aliphatic carbocycles. The van der Waals surface area contributed by atoms with Crippen molar-refractivity contribution < 1.29 is 9.59 Å². The topological polar surface area (TPSA) is 73.5 Å². The number of carbonyl (C=O) groups is 2. The van der Waals surface area contributed by atoms with Crippen LogP contribution in [0.5, 0.6) is 0 Å². The summed E-state index contributed by atoms with van der Waals surface area (Å²) in [5, 5.41) is 8.50. The molecule has 0 aliphatic rings. The molecule has 0 heterocycles. The SMILES string of the molecule is CCNC(=O)C(NC(=O)CCCN(C)C)Nc1ccccc1. The Labute approximate surface area is 132 Å². The smallest absolute Gasteiger partial charge is 0.263 e. The fourth-order valence-corrected chi connectivity index (χ4v) is 1.93. The van der Waals surface area contributed by atoms with E-state index in [0.29, 0.717) is 13.0 Å². The van der Waals surface area contributed by atoms with Gasteiger partial charge in [-0.3, -0.25) is 9.59 Å². The fraction of sp³-hybridized carbons (Fsp3) is 0.500. The minimum Gasteiger partial charge on any atom is -0.358 e. The number of nitrogens with zero attached hydrogens (tertiary/aromatic N) is 1. The maximum Gasteiger partial charge on any atom is 0.263 e. The molecule has 1 aromatic rings. The van der Waals surface area contributed by atoms with Gasteiger partial charge in [-0.15, -0.1) is 0 Å². The van der Waals surface area contributed by atoms with E-state index in [-0.39, 0.29) is 11.8 Å². The van der Waals surface area contributed by atoms with Gasteiger partial charge in [0, 0.05) is 18.7 Å². The zero-order chi connectivity index (χ0) is 16.4. The summed E-state index contributed by atoms with van der Waals surface area (Å²) in [5.41, 5.74) is 0.785. The van der Waals surface area contributed by atoms with Crippen LogP contribution in [0, 0.1) is 0 Å². The molecule has 0 saturated heterocycles. The Hall–Kier alpha value is -2.08. The predicted molar refractivity (Wildman–Crippen MR) is 88.5 cm³/mol. The summed E-state index contributed by atoms with van der Waals surface area (Å²) in [6, 6.07) is 9.34. The van der Waals surface area contributed by atoms with Crippen LogP contribution in [0.4, 0.5) is 5.69 Å². The largest absolute Gasteiger partial charge is 0.358 e. The molecule has 2 amide bonds. The summed E-state index contributed by atoms with van der Waals surface area (Å²) in [7, 11) is 3.93. The van der Waals surface area contributed by atoms with Crippen molar-refractivity contribution in [2.45, 2.75) is 25.9 Å². The molecule has 6 heteroatoms. The number of amides is 2. The number of nitrogens with one attached hydrogen (secondary N) is 3. The summed E-state index contributed by atoms with van der Waals surface area (Å²) >= 11 is 0. The molecule has 1 rings (SSSR count). The van der Waals surface area contributed by atoms with Crippen molar-refractivity contribution in [1.29, 1.82) is 0 Å². The third kappa shape index (κ3) is 7.08. The van der Waals surface area contributed by atoms with E-state index >= 15 is 0 Å². The van der Waals surface area contributed by atoms with E-state index in [1.54, 1.807) is 0 Å². The highest BCUT2D eigenvalue weighted by Gasteiger charge is 2.19. The lowest BCUT2D eigenvalue weighted by Gasteiger charge is -2.20. The third-order valence-electron chi connectivity index (χ3n) is 3.01. The standard InChI is InChI=1S/C16H26N4O2/c1-4-17-16(22)15(18-13-9-6-5-7-10-13)19-14(21)11-8-12-20(2)3/h5-7,9-10,15,18H,4,8,11-12H2,1-3H3,(H,17,22)(H,19,21). The lowest BCUT2D eigenvalue weighted by Crippen LogP contribution is -2.51. The highest BCUT2D eigenvalue weighted by Crippen LogP contribution is 2.06. The van der Waals surface area contributed by atoms with E-state index in [4.69, 9.17) is 0 Å². The lowest BCUT2D eigenvalue weighted by atomic mass is 10.2. The Bertz CT molecular complexity index is 462. The fourth-order valence-electron chi connectivity index (χ4n) is 1.93. The first kappa shape index (κ1) is 18.0. The number of anilines is 1. The van der Waals surface area contributed by atoms with E-state index in [0.717, 1.165) is 18.7 Å². The van der Waals surface area contributed by atoms with E-state index in [1.165, 1.54) is 0 Å². The number of likely N-dealkylation sites (N-methyl/N-ethyl adjacent to an activating group) is 1. The number of hydrogen-bond donors (Lipinski definition) is 3. The number of rotatable bonds is 9. The number of hydrogen-bond acceptors (Lipinski definition) is 4. The zero-order valence-corrected chi connectivity index (χ0v) is 13.6. The van der Waals surface area contributed by atoms with Crippen molar-refractivity contribution in [2.24, 2.45) is 0 Å². The quantitative estimate of drug-likeness (QED) is 0.596. The second kappa shape index (κ2) is 9.78. The first-order valence-corrected chi connectivity index (χ1v) is 7.56. The first-order chi connectivity index (χ1) is 10.5. The number of carbonyl (C=O) groups excluding carboxylic acids is 2. The summed E-state index contributed by atoms with van der Waals surface area (Å²) < 4.78 is 0. The van der Waals surface area contributed by atoms with Crippen LogP contribution in [-0.2, 0) is 9.59 Å². The van der Waals surface area contributed by atoms with Gasteiger partial charge in [0.2, 0.25) is 5.91 Å². The van der Waals surface area contributed by atoms with Crippen molar-refractivity contribution in [2.75, 3.05) is 32.5 Å². The zero-order valence-electron chi connectivity index (χ0n) is 13.6. The number of para-hydroxylation sites is 1. The van der Waals surface area contributed by atoms with Crippen LogP contribution in [0.2, 0.25) is 0 Å². The molecule has 0 spiro atoms. The molecular formula is C16H26N4O2. The monoisotopic (exact) mass is 306 g/mol. The van der Waals surface area contributed by atoms with Crippen molar-refractivity contribution in [3.05, 3.63) is 30.3 Å². The molecule has 1 atom stereocenters. The molecule has 0 bridgehead atoms. The van der Waals surface area contributed by atoms with Gasteiger partial charge in [-0.2, -0.15) is 0 Å². The summed E-state index contributed by atoms with van der Waals surface area (Å²) in [5.74, 6) is -0.381. The molecule has 0 radical (unpaired) electrons. The first-order valence-electron chi connectivity index (χ1n) is 7.56. The summed E-state index contributed by atoms with van der Waals surface area (Å²) in [4.78, 5) is 26.1. The number of benzene rings is 1. The molecule has 1 unspecified atom stereocenters. The van der Waals surface area contributed by atoms with Gasteiger partial charge < -0.3 is 20.9 Å². The Balaban J connectivity index is 2.58. The Morgan fingerprint density at radius 2 is 1.86 bits per heavy atom. The van der Waals surface area contributed by atoms with Crippen molar-refractivity contribution >= 4 is 17.5 Å². The van der Waals surface area contributed by atoms with Crippen molar-refractivity contribution in [3.8, 4) is 0 Å². The predicted octanol–water partition coefficient (Wildman–Crippen LogP) is 1.02. The van der Waals surface area contributed by atoms with Crippen molar-refractivity contribution in [1.82, 2.24) is 15.5 Å². The van der Waals surface area contributed by atoms with Crippen LogP contribution in [0.1, 0.15) is 19.8 Å². The van der Waals surface area contributed by atoms with Gasteiger partial charge in [0.1, 0.15) is 0 Å². The molecule has 6 nitrogen and oxygen atoms in total. The third-order valence-corrected chi connectivity index (χ3v) is 3.01. The van der Waals surface area contributed by atoms with Gasteiger partial charge in [0.05, 0.1) is 0 Å². The molecular weight excluding hydrogens is 280 g/mol. The second-order valence-corrected chi connectivity index (χ2v) is 5.31. The van der Waals surface area contributed by atoms with Crippen LogP contribution < -0.4 is 16.0 Å². The van der Waals surface area contributed by atoms with Crippen LogP contribution in [0.15, 0.2) is 30.3 Å². The molecule has 0 aliphatic heterocycles. The highest BCUT2D eigenvalue weighted by atomic mass is 16.2. The normalized spacial score (nSPS) is 11.8. The van der Waals surface area contributed by atoms with E-state index in [1.807, 2.05) is 56.3 Å². The van der Waals surface area contributed by atoms with Gasteiger partial charge in [0.15, 0.2) is 6.17 Å². The molecule has 0 saturated carbocycles. The van der Waals surface area contributed by atoms with Gasteiger partial charge in [-0.25, -0.2) is 0 Å². The lowest BCUT2D eigenvalue weighted by molar-refractivity contribution is -0.128. The Morgan fingerprint density at radius 3 is 2.45 bits per heavy atom. The molecule has 1 aromatic carbocycles. The summed E-state index contributed by atoms with van der Waals surface area (Å²) in [6.07, 6.45) is 0.380. The molecule has 0 fully saturated rings. The van der Waals surface area contributed by atoms with E-state index in [2.05, 4.69) is 16.0 Å². The minimum atomic E-state index is -0.769. The molecule has 0 aromatic heterocycles. The molecule has 3 N–H and O–H groups in total. The maximum absolute atomic E-state index is 12.1. The van der Waals surface area contributed by atoms with Crippen LogP contribution in [0.25, 0.3) is 0 Å². The van der Waals surface area contributed by atoms with Crippen LogP contribution >= 0.6 is 0 Å². The van der Waals surface area contributed by atoms with Gasteiger partial charge in [0.25, 0.3) is 5.91 Å². The van der Waals surface area contributed by atoms with Crippen LogP contribution in [0.3, 0.4) is 0 Å².